The Hall–Kier alpha value is -1.59. The van der Waals surface area contributed by atoms with Gasteiger partial charge in [-0.15, -0.1) is 0 Å². The van der Waals surface area contributed by atoms with Gasteiger partial charge in [0.25, 0.3) is 0 Å². The van der Waals surface area contributed by atoms with E-state index in [1.165, 1.54) is 0 Å². The lowest BCUT2D eigenvalue weighted by Gasteiger charge is -2.19. The highest BCUT2D eigenvalue weighted by Crippen LogP contribution is 2.25. The SMILES string of the molecule is CCCNC1COCC1C(=O)Nc1ccccc1OCC. The molecule has 1 aliphatic rings. The molecule has 2 atom stereocenters. The van der Waals surface area contributed by atoms with Crippen LogP contribution >= 0.6 is 0 Å². The molecule has 21 heavy (non-hydrogen) atoms. The first-order valence-electron chi connectivity index (χ1n) is 7.60. The molecule has 0 aromatic heterocycles. The highest BCUT2D eigenvalue weighted by Gasteiger charge is 2.33. The first-order chi connectivity index (χ1) is 10.3. The van der Waals surface area contributed by atoms with Gasteiger partial charge in [0.1, 0.15) is 5.75 Å². The van der Waals surface area contributed by atoms with Crippen LogP contribution in [0.4, 0.5) is 5.69 Å². The van der Waals surface area contributed by atoms with Crippen LogP contribution in [0.2, 0.25) is 0 Å². The summed E-state index contributed by atoms with van der Waals surface area (Å²) < 4.78 is 11.0. The zero-order valence-electron chi connectivity index (χ0n) is 12.7. The lowest BCUT2D eigenvalue weighted by molar-refractivity contribution is -0.120. The molecular weight excluding hydrogens is 268 g/mol. The van der Waals surface area contributed by atoms with Gasteiger partial charge < -0.3 is 20.1 Å². The Labute approximate surface area is 126 Å². The van der Waals surface area contributed by atoms with Crippen molar-refractivity contribution in [1.29, 1.82) is 0 Å². The molecule has 2 N–H and O–H groups in total. The van der Waals surface area contributed by atoms with Crippen LogP contribution in [-0.2, 0) is 9.53 Å². The van der Waals surface area contributed by atoms with Crippen molar-refractivity contribution in [3.63, 3.8) is 0 Å². The molecule has 0 saturated carbocycles. The fourth-order valence-electron chi connectivity index (χ4n) is 2.42. The molecule has 0 radical (unpaired) electrons. The van der Waals surface area contributed by atoms with Crippen molar-refractivity contribution >= 4 is 11.6 Å². The van der Waals surface area contributed by atoms with Gasteiger partial charge in [-0.1, -0.05) is 19.1 Å². The van der Waals surface area contributed by atoms with Crippen molar-refractivity contribution in [3.8, 4) is 5.75 Å². The van der Waals surface area contributed by atoms with Crippen LogP contribution in [0.5, 0.6) is 5.75 Å². The lowest BCUT2D eigenvalue weighted by Crippen LogP contribution is -2.41. The second kappa shape index (κ2) is 8.00. The summed E-state index contributed by atoms with van der Waals surface area (Å²) in [6, 6.07) is 7.58. The molecule has 1 aromatic carbocycles. The summed E-state index contributed by atoms with van der Waals surface area (Å²) in [5.74, 6) is 0.518. The number of anilines is 1. The van der Waals surface area contributed by atoms with E-state index in [0.29, 0.717) is 31.3 Å². The molecule has 0 spiro atoms. The molecule has 1 fully saturated rings. The van der Waals surface area contributed by atoms with E-state index in [-0.39, 0.29) is 17.9 Å². The van der Waals surface area contributed by atoms with Crippen molar-refractivity contribution in [2.45, 2.75) is 26.3 Å². The Kier molecular flexibility index (Phi) is 6.02. The highest BCUT2D eigenvalue weighted by atomic mass is 16.5. The molecule has 1 saturated heterocycles. The molecule has 0 bridgehead atoms. The van der Waals surface area contributed by atoms with Gasteiger partial charge in [-0.2, -0.15) is 0 Å². The number of carbonyl (C=O) groups excluding carboxylic acids is 1. The zero-order chi connectivity index (χ0) is 15.1. The van der Waals surface area contributed by atoms with Gasteiger partial charge in [-0.05, 0) is 32.0 Å². The maximum Gasteiger partial charge on any atom is 0.231 e. The van der Waals surface area contributed by atoms with E-state index in [1.54, 1.807) is 0 Å². The number of nitrogens with one attached hydrogen (secondary N) is 2. The summed E-state index contributed by atoms with van der Waals surface area (Å²) in [4.78, 5) is 12.5. The summed E-state index contributed by atoms with van der Waals surface area (Å²) in [6.07, 6.45) is 1.04. The smallest absolute Gasteiger partial charge is 0.231 e. The van der Waals surface area contributed by atoms with Gasteiger partial charge in [0, 0.05) is 6.04 Å². The molecule has 1 aliphatic heterocycles. The van der Waals surface area contributed by atoms with E-state index < -0.39 is 0 Å². The molecule has 2 unspecified atom stereocenters. The Morgan fingerprint density at radius 2 is 2.14 bits per heavy atom. The fraction of sp³-hybridized carbons (Fsp3) is 0.562. The predicted octanol–water partition coefficient (Wildman–Crippen LogP) is 2.04. The van der Waals surface area contributed by atoms with Crippen LogP contribution in [0.15, 0.2) is 24.3 Å². The number of hydrogen-bond donors (Lipinski definition) is 2. The number of para-hydroxylation sites is 2. The predicted molar refractivity (Wildman–Crippen MR) is 82.6 cm³/mol. The van der Waals surface area contributed by atoms with E-state index in [9.17, 15) is 4.79 Å². The minimum Gasteiger partial charge on any atom is -0.492 e. The summed E-state index contributed by atoms with van der Waals surface area (Å²) >= 11 is 0. The molecule has 1 aromatic rings. The number of amides is 1. The van der Waals surface area contributed by atoms with Gasteiger partial charge in [-0.3, -0.25) is 4.79 Å². The first-order valence-corrected chi connectivity index (χ1v) is 7.60. The maximum atomic E-state index is 12.5. The van der Waals surface area contributed by atoms with Crippen molar-refractivity contribution in [3.05, 3.63) is 24.3 Å². The zero-order valence-corrected chi connectivity index (χ0v) is 12.7. The molecule has 5 heteroatoms. The molecule has 116 valence electrons. The van der Waals surface area contributed by atoms with Crippen LogP contribution in [0.3, 0.4) is 0 Å². The summed E-state index contributed by atoms with van der Waals surface area (Å²) in [7, 11) is 0. The van der Waals surface area contributed by atoms with Crippen molar-refractivity contribution in [1.82, 2.24) is 5.32 Å². The monoisotopic (exact) mass is 292 g/mol. The van der Waals surface area contributed by atoms with Crippen LogP contribution in [0.25, 0.3) is 0 Å². The largest absolute Gasteiger partial charge is 0.492 e. The van der Waals surface area contributed by atoms with Gasteiger partial charge in [0.05, 0.1) is 31.4 Å². The lowest BCUT2D eigenvalue weighted by atomic mass is 10.0. The van der Waals surface area contributed by atoms with E-state index in [2.05, 4.69) is 17.6 Å². The van der Waals surface area contributed by atoms with Crippen molar-refractivity contribution < 1.29 is 14.3 Å². The quantitative estimate of drug-likeness (QED) is 0.807. The summed E-state index contributed by atoms with van der Waals surface area (Å²) in [6.45, 7) is 6.55. The van der Waals surface area contributed by atoms with E-state index in [1.807, 2.05) is 31.2 Å². The third kappa shape index (κ3) is 4.19. The second-order valence-corrected chi connectivity index (χ2v) is 5.12. The Morgan fingerprint density at radius 3 is 2.90 bits per heavy atom. The molecule has 0 aliphatic carbocycles. The van der Waals surface area contributed by atoms with E-state index >= 15 is 0 Å². The standard InChI is InChI=1S/C16H24N2O3/c1-3-9-17-14-11-20-10-12(14)16(19)18-13-7-5-6-8-15(13)21-4-2/h5-8,12,14,17H,3-4,9-11H2,1-2H3,(H,18,19). The van der Waals surface area contributed by atoms with Gasteiger partial charge >= 0.3 is 0 Å². The molecule has 2 rings (SSSR count). The average molecular weight is 292 g/mol. The van der Waals surface area contributed by atoms with Crippen LogP contribution in [0, 0.1) is 5.92 Å². The topological polar surface area (TPSA) is 59.6 Å². The minimum absolute atomic E-state index is 0.0201. The Bertz CT molecular complexity index is 465. The van der Waals surface area contributed by atoms with Gasteiger partial charge in [-0.25, -0.2) is 0 Å². The fourth-order valence-corrected chi connectivity index (χ4v) is 2.42. The Morgan fingerprint density at radius 1 is 1.33 bits per heavy atom. The first kappa shape index (κ1) is 15.8. The molecule has 1 amide bonds. The summed E-state index contributed by atoms with van der Waals surface area (Å²) in [5, 5.41) is 6.33. The molecule has 5 nitrogen and oxygen atoms in total. The minimum atomic E-state index is -0.161. The maximum absolute atomic E-state index is 12.5. The van der Waals surface area contributed by atoms with Crippen LogP contribution in [0.1, 0.15) is 20.3 Å². The van der Waals surface area contributed by atoms with E-state index in [0.717, 1.165) is 13.0 Å². The highest BCUT2D eigenvalue weighted by molar-refractivity contribution is 5.94. The summed E-state index contributed by atoms with van der Waals surface area (Å²) in [5.41, 5.74) is 0.713. The number of benzene rings is 1. The number of carbonyl (C=O) groups is 1. The third-order valence-corrected chi connectivity index (χ3v) is 3.52. The number of ether oxygens (including phenoxy) is 2. The Balaban J connectivity index is 2.00. The normalized spacial score (nSPS) is 21.2. The third-order valence-electron chi connectivity index (χ3n) is 3.52. The van der Waals surface area contributed by atoms with Crippen LogP contribution < -0.4 is 15.4 Å². The molecular formula is C16H24N2O3. The van der Waals surface area contributed by atoms with Crippen molar-refractivity contribution in [2.24, 2.45) is 5.92 Å². The number of rotatable bonds is 7. The van der Waals surface area contributed by atoms with Gasteiger partial charge in [0.15, 0.2) is 0 Å². The second-order valence-electron chi connectivity index (χ2n) is 5.12. The average Bonchev–Trinajstić information content (AvgIpc) is 2.96. The van der Waals surface area contributed by atoms with Gasteiger partial charge in [0.2, 0.25) is 5.91 Å². The number of hydrogen-bond acceptors (Lipinski definition) is 4. The molecule has 1 heterocycles. The van der Waals surface area contributed by atoms with Crippen molar-refractivity contribution in [2.75, 3.05) is 31.7 Å². The van der Waals surface area contributed by atoms with E-state index in [4.69, 9.17) is 9.47 Å². The van der Waals surface area contributed by atoms with Crippen LogP contribution in [-0.4, -0.2) is 38.3 Å².